The van der Waals surface area contributed by atoms with Crippen LogP contribution in [0.5, 0.6) is 5.75 Å². The molecule has 0 spiro atoms. The Bertz CT molecular complexity index is 847. The fourth-order valence-corrected chi connectivity index (χ4v) is 2.66. The summed E-state index contributed by atoms with van der Waals surface area (Å²) in [7, 11) is 0. The third kappa shape index (κ3) is 7.31. The molecule has 2 aromatic rings. The number of anilines is 1. The van der Waals surface area contributed by atoms with Gasteiger partial charge in [-0.15, -0.1) is 0 Å². The van der Waals surface area contributed by atoms with E-state index in [2.05, 4.69) is 5.32 Å². The van der Waals surface area contributed by atoms with Gasteiger partial charge < -0.3 is 19.7 Å². The second kappa shape index (κ2) is 10.9. The summed E-state index contributed by atoms with van der Waals surface area (Å²) < 4.78 is 11.0. The van der Waals surface area contributed by atoms with Crippen LogP contribution in [0.25, 0.3) is 0 Å². The van der Waals surface area contributed by atoms with Crippen molar-refractivity contribution < 1.29 is 29.3 Å². The number of carboxylic acids is 1. The molecule has 0 radical (unpaired) electrons. The van der Waals surface area contributed by atoms with E-state index in [0.717, 1.165) is 11.6 Å². The molecule has 2 rings (SSSR count). The summed E-state index contributed by atoms with van der Waals surface area (Å²) in [6, 6.07) is 14.2. The molecule has 1 amide bonds. The van der Waals surface area contributed by atoms with Crippen LogP contribution in [0, 0.1) is 12.8 Å². The van der Waals surface area contributed by atoms with Gasteiger partial charge in [0.15, 0.2) is 0 Å². The molecule has 0 unspecified atom stereocenters. The second-order valence-electron chi connectivity index (χ2n) is 6.52. The van der Waals surface area contributed by atoms with E-state index in [1.807, 2.05) is 19.1 Å². The van der Waals surface area contributed by atoms with Gasteiger partial charge in [0, 0.05) is 17.7 Å². The summed E-state index contributed by atoms with van der Waals surface area (Å²) in [6.45, 7) is 3.71. The molecule has 2 atom stereocenters. The smallest absolute Gasteiger partial charge is 0.412 e. The van der Waals surface area contributed by atoms with E-state index in [1.54, 1.807) is 43.3 Å². The number of carboxylic acid groups (broad SMARTS) is 1. The SMILES string of the molecule is Cc1ccc(NC(=O)O[C@H](c2cccc(OCCO)c2)[C@@H](C)/C=C/C(=O)O)cc1. The maximum Gasteiger partial charge on any atom is 0.412 e. The normalized spacial score (nSPS) is 12.9. The molecule has 2 aromatic carbocycles. The van der Waals surface area contributed by atoms with Gasteiger partial charge in [-0.3, -0.25) is 5.32 Å². The van der Waals surface area contributed by atoms with E-state index in [4.69, 9.17) is 19.7 Å². The van der Waals surface area contributed by atoms with Crippen molar-refractivity contribution in [1.29, 1.82) is 0 Å². The highest BCUT2D eigenvalue weighted by Crippen LogP contribution is 2.30. The van der Waals surface area contributed by atoms with Gasteiger partial charge in [-0.1, -0.05) is 42.8 Å². The Labute approximate surface area is 169 Å². The van der Waals surface area contributed by atoms with Crippen molar-refractivity contribution >= 4 is 17.7 Å². The highest BCUT2D eigenvalue weighted by molar-refractivity contribution is 5.84. The second-order valence-corrected chi connectivity index (χ2v) is 6.52. The lowest BCUT2D eigenvalue weighted by atomic mass is 9.96. The molecule has 0 fully saturated rings. The minimum atomic E-state index is -1.08. The highest BCUT2D eigenvalue weighted by atomic mass is 16.6. The number of benzene rings is 2. The van der Waals surface area contributed by atoms with Crippen LogP contribution in [0.3, 0.4) is 0 Å². The Hall–Kier alpha value is -3.32. The molecule has 0 heterocycles. The molecule has 7 nitrogen and oxygen atoms in total. The number of aliphatic hydroxyl groups excluding tert-OH is 1. The number of carbonyl (C=O) groups excluding carboxylic acids is 1. The van der Waals surface area contributed by atoms with Crippen molar-refractivity contribution in [2.24, 2.45) is 5.92 Å². The molecule has 7 heteroatoms. The third-order valence-electron chi connectivity index (χ3n) is 4.10. The number of aliphatic carboxylic acids is 1. The number of aliphatic hydroxyl groups is 1. The van der Waals surface area contributed by atoms with Crippen molar-refractivity contribution in [2.75, 3.05) is 18.5 Å². The maximum absolute atomic E-state index is 12.4. The van der Waals surface area contributed by atoms with E-state index in [0.29, 0.717) is 17.0 Å². The van der Waals surface area contributed by atoms with Crippen molar-refractivity contribution in [3.8, 4) is 5.75 Å². The quantitative estimate of drug-likeness (QED) is 0.552. The van der Waals surface area contributed by atoms with Crippen molar-refractivity contribution in [3.63, 3.8) is 0 Å². The third-order valence-corrected chi connectivity index (χ3v) is 4.10. The van der Waals surface area contributed by atoms with Gasteiger partial charge in [0.05, 0.1) is 6.61 Å². The van der Waals surface area contributed by atoms with Crippen LogP contribution in [0.1, 0.15) is 24.2 Å². The molecule has 0 bridgehead atoms. The Balaban J connectivity index is 2.21. The van der Waals surface area contributed by atoms with Crippen LogP contribution in [0.4, 0.5) is 10.5 Å². The number of hydrogen-bond donors (Lipinski definition) is 3. The van der Waals surface area contributed by atoms with Gasteiger partial charge in [-0.2, -0.15) is 0 Å². The Kier molecular flexibility index (Phi) is 8.24. The number of aryl methyl sites for hydroxylation is 1. The monoisotopic (exact) mass is 399 g/mol. The van der Waals surface area contributed by atoms with Gasteiger partial charge in [0.25, 0.3) is 0 Å². The first-order valence-electron chi connectivity index (χ1n) is 9.18. The van der Waals surface area contributed by atoms with Crippen molar-refractivity contribution in [1.82, 2.24) is 0 Å². The van der Waals surface area contributed by atoms with Crippen LogP contribution in [-0.4, -0.2) is 35.5 Å². The van der Waals surface area contributed by atoms with Crippen LogP contribution in [0.15, 0.2) is 60.7 Å². The first kappa shape index (κ1) is 22.0. The van der Waals surface area contributed by atoms with E-state index in [1.165, 1.54) is 6.08 Å². The zero-order valence-electron chi connectivity index (χ0n) is 16.4. The average molecular weight is 399 g/mol. The molecule has 3 N–H and O–H groups in total. The molecule has 0 aliphatic rings. The molecule has 154 valence electrons. The largest absolute Gasteiger partial charge is 0.491 e. The topological polar surface area (TPSA) is 105 Å². The molecule has 29 heavy (non-hydrogen) atoms. The lowest BCUT2D eigenvalue weighted by molar-refractivity contribution is -0.131. The van der Waals surface area contributed by atoms with Crippen molar-refractivity contribution in [3.05, 3.63) is 71.8 Å². The first-order valence-corrected chi connectivity index (χ1v) is 9.18. The number of amides is 1. The summed E-state index contributed by atoms with van der Waals surface area (Å²) >= 11 is 0. The standard InChI is InChI=1S/C22H25NO6/c1-15-6-9-18(10-7-15)23-22(27)29-21(16(2)8-11-20(25)26)17-4-3-5-19(14-17)28-13-12-24/h3-11,14,16,21,24H,12-13H2,1-2H3,(H,23,27)(H,25,26)/b11-8+/t16-,21-/m0/s1. The van der Waals surface area contributed by atoms with Crippen LogP contribution in [-0.2, 0) is 9.53 Å². The van der Waals surface area contributed by atoms with E-state index in [-0.39, 0.29) is 13.2 Å². The fraction of sp³-hybridized carbons (Fsp3) is 0.273. The summed E-state index contributed by atoms with van der Waals surface area (Å²) in [5, 5.41) is 20.5. The number of ether oxygens (including phenoxy) is 2. The first-order chi connectivity index (χ1) is 13.9. The number of hydrogen-bond acceptors (Lipinski definition) is 5. The van der Waals surface area contributed by atoms with Gasteiger partial charge in [-0.05, 0) is 36.8 Å². The number of carbonyl (C=O) groups is 2. The summed E-state index contributed by atoms with van der Waals surface area (Å²) in [5.41, 5.74) is 2.30. The Morgan fingerprint density at radius 2 is 1.90 bits per heavy atom. The predicted octanol–water partition coefficient (Wildman–Crippen LogP) is 3.93. The van der Waals surface area contributed by atoms with E-state index < -0.39 is 24.1 Å². The number of nitrogens with one attached hydrogen (secondary N) is 1. The average Bonchev–Trinajstić information content (AvgIpc) is 2.70. The highest BCUT2D eigenvalue weighted by Gasteiger charge is 2.23. The molecule has 0 saturated carbocycles. The summed E-state index contributed by atoms with van der Waals surface area (Å²) in [6.07, 6.45) is 1.09. The Morgan fingerprint density at radius 3 is 2.55 bits per heavy atom. The summed E-state index contributed by atoms with van der Waals surface area (Å²) in [4.78, 5) is 23.3. The van der Waals surface area contributed by atoms with Gasteiger partial charge in [0.2, 0.25) is 0 Å². The van der Waals surface area contributed by atoms with Crippen LogP contribution >= 0.6 is 0 Å². The molecule has 0 aliphatic heterocycles. The van der Waals surface area contributed by atoms with E-state index >= 15 is 0 Å². The lowest BCUT2D eigenvalue weighted by Gasteiger charge is -2.23. The molecule has 0 saturated heterocycles. The maximum atomic E-state index is 12.4. The lowest BCUT2D eigenvalue weighted by Crippen LogP contribution is -2.21. The zero-order valence-corrected chi connectivity index (χ0v) is 16.4. The van der Waals surface area contributed by atoms with Gasteiger partial charge in [-0.25, -0.2) is 9.59 Å². The minimum Gasteiger partial charge on any atom is -0.491 e. The predicted molar refractivity (Wildman–Crippen MR) is 109 cm³/mol. The van der Waals surface area contributed by atoms with Gasteiger partial charge >= 0.3 is 12.1 Å². The molecular weight excluding hydrogens is 374 g/mol. The zero-order chi connectivity index (χ0) is 21.2. The van der Waals surface area contributed by atoms with Crippen LogP contribution < -0.4 is 10.1 Å². The summed E-state index contributed by atoms with van der Waals surface area (Å²) in [5.74, 6) is -0.985. The minimum absolute atomic E-state index is 0.124. The van der Waals surface area contributed by atoms with E-state index in [9.17, 15) is 9.59 Å². The van der Waals surface area contributed by atoms with Crippen LogP contribution in [0.2, 0.25) is 0 Å². The van der Waals surface area contributed by atoms with Crippen molar-refractivity contribution in [2.45, 2.75) is 20.0 Å². The van der Waals surface area contributed by atoms with Gasteiger partial charge in [0.1, 0.15) is 18.5 Å². The number of rotatable bonds is 9. The Morgan fingerprint density at radius 1 is 1.17 bits per heavy atom. The molecule has 0 aromatic heterocycles. The molecule has 0 aliphatic carbocycles. The molecular formula is C22H25NO6. The fourth-order valence-electron chi connectivity index (χ4n) is 2.66.